The van der Waals surface area contributed by atoms with Crippen LogP contribution in [0.15, 0.2) is 24.3 Å². The lowest BCUT2D eigenvalue weighted by atomic mass is 10.2. The number of benzene rings is 1. The third-order valence-corrected chi connectivity index (χ3v) is 2.76. The second-order valence-corrected chi connectivity index (χ2v) is 4.00. The number of anilines is 1. The number of hydrogen-bond donors (Lipinski definition) is 1. The molecule has 1 aliphatic rings. The molecule has 90 valence electrons. The van der Waals surface area contributed by atoms with E-state index in [0.29, 0.717) is 10.7 Å². The minimum Gasteiger partial charge on any atom is -0.370 e. The Hall–Kier alpha value is -1.59. The number of hydrogen-bond acceptors (Lipinski definition) is 3. The van der Waals surface area contributed by atoms with Crippen molar-refractivity contribution in [2.24, 2.45) is 0 Å². The van der Waals surface area contributed by atoms with Gasteiger partial charge in [0.05, 0.1) is 12.2 Å². The molecule has 5 nitrogen and oxygen atoms in total. The Morgan fingerprint density at radius 1 is 1.35 bits per heavy atom. The van der Waals surface area contributed by atoms with Crippen LogP contribution in [0.25, 0.3) is 0 Å². The summed E-state index contributed by atoms with van der Waals surface area (Å²) in [7, 11) is 1.43. The number of amides is 3. The average Bonchev–Trinajstić information content (AvgIpc) is 2.32. The normalized spacial score (nSPS) is 20.4. The molecule has 0 saturated carbocycles. The molecule has 0 aromatic heterocycles. The minimum atomic E-state index is -0.650. The highest BCUT2D eigenvalue weighted by Gasteiger charge is 2.35. The summed E-state index contributed by atoms with van der Waals surface area (Å²) < 4.78 is 5.00. The Morgan fingerprint density at radius 3 is 2.59 bits per heavy atom. The van der Waals surface area contributed by atoms with E-state index < -0.39 is 12.1 Å². The van der Waals surface area contributed by atoms with Crippen LogP contribution in [0.5, 0.6) is 0 Å². The smallest absolute Gasteiger partial charge is 0.328 e. The summed E-state index contributed by atoms with van der Waals surface area (Å²) in [5.41, 5.74) is 0.471. The van der Waals surface area contributed by atoms with Crippen LogP contribution >= 0.6 is 11.6 Å². The molecule has 1 fully saturated rings. The lowest BCUT2D eigenvalue weighted by Gasteiger charge is -2.30. The molecular weight excluding hydrogens is 244 g/mol. The lowest BCUT2D eigenvalue weighted by Crippen LogP contribution is -2.58. The topological polar surface area (TPSA) is 58.6 Å². The quantitative estimate of drug-likeness (QED) is 0.868. The monoisotopic (exact) mass is 254 g/mol. The summed E-state index contributed by atoms with van der Waals surface area (Å²) in [6.07, 6.45) is -0.650. The van der Waals surface area contributed by atoms with Gasteiger partial charge in [0.15, 0.2) is 6.10 Å². The molecule has 1 aromatic carbocycles. The van der Waals surface area contributed by atoms with Crippen molar-refractivity contribution in [3.8, 4) is 0 Å². The molecule has 0 spiro atoms. The molecule has 1 unspecified atom stereocenters. The van der Waals surface area contributed by atoms with Gasteiger partial charge in [-0.25, -0.2) is 9.69 Å². The van der Waals surface area contributed by atoms with Crippen molar-refractivity contribution in [2.45, 2.75) is 6.10 Å². The van der Waals surface area contributed by atoms with Gasteiger partial charge in [-0.2, -0.15) is 0 Å². The molecule has 6 heteroatoms. The molecule has 1 aliphatic heterocycles. The molecule has 0 aliphatic carbocycles. The van der Waals surface area contributed by atoms with Gasteiger partial charge in [0, 0.05) is 12.1 Å². The van der Waals surface area contributed by atoms with Gasteiger partial charge in [-0.05, 0) is 24.3 Å². The highest BCUT2D eigenvalue weighted by atomic mass is 35.5. The van der Waals surface area contributed by atoms with Crippen LogP contribution < -0.4 is 10.2 Å². The number of methoxy groups -OCH3 is 1. The van der Waals surface area contributed by atoms with Crippen molar-refractivity contribution in [3.05, 3.63) is 29.3 Å². The van der Waals surface area contributed by atoms with Gasteiger partial charge in [0.1, 0.15) is 0 Å². The zero-order valence-electron chi connectivity index (χ0n) is 9.14. The number of nitrogens with one attached hydrogen (secondary N) is 1. The van der Waals surface area contributed by atoms with Crippen LogP contribution in [0, 0.1) is 0 Å². The van der Waals surface area contributed by atoms with Crippen LogP contribution in [0.2, 0.25) is 5.02 Å². The molecule has 3 amide bonds. The Balaban J connectivity index is 2.31. The van der Waals surface area contributed by atoms with Gasteiger partial charge in [-0.1, -0.05) is 11.6 Å². The highest BCUT2D eigenvalue weighted by molar-refractivity contribution is 6.30. The largest absolute Gasteiger partial charge is 0.370 e. The first-order valence-corrected chi connectivity index (χ1v) is 5.41. The van der Waals surface area contributed by atoms with Crippen LogP contribution in [0.1, 0.15) is 0 Å². The number of nitrogens with zero attached hydrogens (tertiary/aromatic N) is 1. The molecule has 1 N–H and O–H groups in total. The van der Waals surface area contributed by atoms with E-state index in [0.717, 1.165) is 4.90 Å². The first-order valence-electron chi connectivity index (χ1n) is 5.03. The van der Waals surface area contributed by atoms with E-state index in [1.54, 1.807) is 24.3 Å². The van der Waals surface area contributed by atoms with Crippen molar-refractivity contribution < 1.29 is 14.3 Å². The van der Waals surface area contributed by atoms with Gasteiger partial charge in [-0.3, -0.25) is 4.79 Å². The zero-order chi connectivity index (χ0) is 12.4. The van der Waals surface area contributed by atoms with E-state index in [1.807, 2.05) is 0 Å². The molecule has 2 rings (SSSR count). The molecule has 1 aromatic rings. The Morgan fingerprint density at radius 2 is 2.00 bits per heavy atom. The van der Waals surface area contributed by atoms with E-state index in [9.17, 15) is 9.59 Å². The summed E-state index contributed by atoms with van der Waals surface area (Å²) in [5, 5.41) is 3.13. The summed E-state index contributed by atoms with van der Waals surface area (Å²) in [6.45, 7) is 0.193. The number of imide groups is 1. The van der Waals surface area contributed by atoms with Crippen LogP contribution in [0.4, 0.5) is 10.5 Å². The van der Waals surface area contributed by atoms with Crippen molar-refractivity contribution in [2.75, 3.05) is 18.6 Å². The highest BCUT2D eigenvalue weighted by Crippen LogP contribution is 2.20. The number of carbonyl (C=O) groups is 2. The van der Waals surface area contributed by atoms with E-state index in [1.165, 1.54) is 7.11 Å². The van der Waals surface area contributed by atoms with E-state index >= 15 is 0 Å². The van der Waals surface area contributed by atoms with Crippen LogP contribution in [-0.2, 0) is 9.53 Å². The number of ether oxygens (including phenoxy) is 1. The van der Waals surface area contributed by atoms with Crippen molar-refractivity contribution in [3.63, 3.8) is 0 Å². The van der Waals surface area contributed by atoms with Crippen molar-refractivity contribution in [1.82, 2.24) is 5.32 Å². The Kier molecular flexibility index (Phi) is 3.31. The molecule has 1 saturated heterocycles. The fraction of sp³-hybridized carbons (Fsp3) is 0.273. The first-order chi connectivity index (χ1) is 8.13. The summed E-state index contributed by atoms with van der Waals surface area (Å²) in [5.74, 6) is -0.376. The number of carbonyl (C=O) groups excluding carboxylic acids is 2. The predicted octanol–water partition coefficient (Wildman–Crippen LogP) is 1.41. The van der Waals surface area contributed by atoms with E-state index in [2.05, 4.69) is 5.32 Å². The maximum Gasteiger partial charge on any atom is 0.328 e. The van der Waals surface area contributed by atoms with Crippen molar-refractivity contribution >= 4 is 29.2 Å². The van der Waals surface area contributed by atoms with E-state index in [-0.39, 0.29) is 12.5 Å². The molecule has 17 heavy (non-hydrogen) atoms. The minimum absolute atomic E-state index is 0.193. The summed E-state index contributed by atoms with van der Waals surface area (Å²) in [4.78, 5) is 24.7. The number of rotatable bonds is 2. The van der Waals surface area contributed by atoms with E-state index in [4.69, 9.17) is 16.3 Å². The second-order valence-electron chi connectivity index (χ2n) is 3.56. The van der Waals surface area contributed by atoms with Gasteiger partial charge in [0.25, 0.3) is 5.91 Å². The Bertz CT molecular complexity index is 447. The van der Waals surface area contributed by atoms with Gasteiger partial charge in [-0.15, -0.1) is 0 Å². The number of halogens is 1. The van der Waals surface area contributed by atoms with Gasteiger partial charge >= 0.3 is 6.03 Å². The standard InChI is InChI=1S/C11H11ClN2O3/c1-17-9-6-13-11(16)14(10(9)15)8-4-2-7(12)3-5-8/h2-5,9H,6H2,1H3,(H,13,16). The molecule has 0 bridgehead atoms. The summed E-state index contributed by atoms with van der Waals surface area (Å²) >= 11 is 5.75. The maximum absolute atomic E-state index is 12.0. The maximum atomic E-state index is 12.0. The summed E-state index contributed by atoms with van der Waals surface area (Å²) in [6, 6.07) is 6.00. The third-order valence-electron chi connectivity index (χ3n) is 2.51. The SMILES string of the molecule is COC1CNC(=O)N(c2ccc(Cl)cc2)C1=O. The predicted molar refractivity (Wildman–Crippen MR) is 63.1 cm³/mol. The van der Waals surface area contributed by atoms with Crippen LogP contribution in [-0.4, -0.2) is 31.7 Å². The fourth-order valence-corrected chi connectivity index (χ4v) is 1.74. The second kappa shape index (κ2) is 4.73. The molecular formula is C11H11ClN2O3. The average molecular weight is 255 g/mol. The number of urea groups is 1. The first kappa shape index (κ1) is 11.9. The Labute approximate surface area is 103 Å². The van der Waals surface area contributed by atoms with Crippen molar-refractivity contribution in [1.29, 1.82) is 0 Å². The third kappa shape index (κ3) is 2.25. The lowest BCUT2D eigenvalue weighted by molar-refractivity contribution is -0.128. The van der Waals surface area contributed by atoms with Crippen LogP contribution in [0.3, 0.4) is 0 Å². The molecule has 0 radical (unpaired) electrons. The fourth-order valence-electron chi connectivity index (χ4n) is 1.61. The zero-order valence-corrected chi connectivity index (χ0v) is 9.90. The van der Waals surface area contributed by atoms with Gasteiger partial charge < -0.3 is 10.1 Å². The molecule has 1 atom stereocenters. The molecule has 1 heterocycles. The van der Waals surface area contributed by atoms with Gasteiger partial charge in [0.2, 0.25) is 0 Å².